The Bertz CT molecular complexity index is 454. The number of hydroxylamine groups is 2. The molecule has 1 aliphatic rings. The normalized spacial score (nSPS) is 14.5. The second-order valence-electron chi connectivity index (χ2n) is 7.55. The first-order valence-electron chi connectivity index (χ1n) is 11.0. The predicted octanol–water partition coefficient (Wildman–Crippen LogP) is 6.62. The quantitative estimate of drug-likeness (QED) is 0.224. The van der Waals surface area contributed by atoms with Crippen molar-refractivity contribution in [1.82, 2.24) is 5.06 Å². The number of nitrogens with zero attached hydrogens (tertiary/aromatic N) is 1. The Balaban J connectivity index is 1.86. The van der Waals surface area contributed by atoms with E-state index in [1.807, 2.05) is 0 Å². The lowest BCUT2D eigenvalue weighted by molar-refractivity contribution is -0.186. The van der Waals surface area contributed by atoms with Crippen LogP contribution in [0.4, 0.5) is 0 Å². The largest absolute Gasteiger partial charge is 0.334 e. The number of carbonyl (C=O) groups excluding carboxylic acids is 2. The van der Waals surface area contributed by atoms with Gasteiger partial charge in [0.2, 0.25) is 0 Å². The van der Waals surface area contributed by atoms with E-state index in [1.54, 1.807) is 0 Å². The summed E-state index contributed by atoms with van der Waals surface area (Å²) in [5.74, 6) is -0.498. The lowest BCUT2D eigenvalue weighted by Crippen LogP contribution is -2.26. The summed E-state index contributed by atoms with van der Waals surface area (Å²) in [5, 5.41) is 1.07. The Morgan fingerprint density at radius 2 is 1.48 bits per heavy atom. The smallest absolute Gasteiger partial charge is 0.333 e. The minimum Gasteiger partial charge on any atom is -0.334 e. The minimum absolute atomic E-state index is 0.169. The van der Waals surface area contributed by atoms with Crippen molar-refractivity contribution in [3.63, 3.8) is 0 Å². The zero-order valence-electron chi connectivity index (χ0n) is 17.3. The Labute approximate surface area is 166 Å². The van der Waals surface area contributed by atoms with Crippen LogP contribution < -0.4 is 0 Å². The van der Waals surface area contributed by atoms with E-state index in [-0.39, 0.29) is 11.9 Å². The first-order chi connectivity index (χ1) is 13.1. The molecule has 0 spiro atoms. The number of allylic oxidation sites excluding steroid dienone is 3. The summed E-state index contributed by atoms with van der Waals surface area (Å²) in [6.07, 6.45) is 22.0. The third-order valence-electron chi connectivity index (χ3n) is 4.98. The SMILES string of the molecule is C=C1CCC(=O)N1OC(=O)CCCCCCC/C=C\CCCCCCCC. The van der Waals surface area contributed by atoms with Gasteiger partial charge >= 0.3 is 5.97 Å². The van der Waals surface area contributed by atoms with E-state index in [2.05, 4.69) is 25.7 Å². The molecule has 0 saturated carbocycles. The molecule has 27 heavy (non-hydrogen) atoms. The van der Waals surface area contributed by atoms with Gasteiger partial charge < -0.3 is 4.84 Å². The van der Waals surface area contributed by atoms with Gasteiger partial charge in [0.05, 0.1) is 5.70 Å². The first-order valence-corrected chi connectivity index (χ1v) is 11.0. The fraction of sp³-hybridized carbons (Fsp3) is 0.739. The van der Waals surface area contributed by atoms with E-state index >= 15 is 0 Å². The van der Waals surface area contributed by atoms with Crippen molar-refractivity contribution in [1.29, 1.82) is 0 Å². The van der Waals surface area contributed by atoms with Crippen LogP contribution in [0.5, 0.6) is 0 Å². The fourth-order valence-corrected chi connectivity index (χ4v) is 3.23. The number of amides is 1. The van der Waals surface area contributed by atoms with Gasteiger partial charge in [-0.3, -0.25) is 4.79 Å². The van der Waals surface area contributed by atoms with Crippen LogP contribution in [0.15, 0.2) is 24.4 Å². The monoisotopic (exact) mass is 377 g/mol. The highest BCUT2D eigenvalue weighted by atomic mass is 16.7. The van der Waals surface area contributed by atoms with Crippen molar-refractivity contribution in [2.45, 2.75) is 110 Å². The van der Waals surface area contributed by atoms with Crippen LogP contribution in [0.2, 0.25) is 0 Å². The molecule has 1 saturated heterocycles. The van der Waals surface area contributed by atoms with E-state index in [0.717, 1.165) is 30.7 Å². The van der Waals surface area contributed by atoms with Crippen LogP contribution in [0.3, 0.4) is 0 Å². The van der Waals surface area contributed by atoms with Gasteiger partial charge in [0.15, 0.2) is 0 Å². The van der Waals surface area contributed by atoms with Crippen LogP contribution >= 0.6 is 0 Å². The van der Waals surface area contributed by atoms with Crippen molar-refractivity contribution >= 4 is 11.9 Å². The van der Waals surface area contributed by atoms with Gasteiger partial charge in [-0.25, -0.2) is 4.79 Å². The van der Waals surface area contributed by atoms with E-state index < -0.39 is 0 Å². The molecule has 0 N–H and O–H groups in total. The molecule has 4 nitrogen and oxygen atoms in total. The summed E-state index contributed by atoms with van der Waals surface area (Å²) in [5.41, 5.74) is 0.581. The molecule has 0 aromatic heterocycles. The van der Waals surface area contributed by atoms with Gasteiger partial charge in [-0.2, -0.15) is 0 Å². The maximum atomic E-state index is 11.8. The highest BCUT2D eigenvalue weighted by Gasteiger charge is 2.27. The highest BCUT2D eigenvalue weighted by Crippen LogP contribution is 2.21. The molecule has 0 atom stereocenters. The molecule has 0 unspecified atom stereocenters. The topological polar surface area (TPSA) is 46.6 Å². The predicted molar refractivity (Wildman–Crippen MR) is 111 cm³/mol. The number of carbonyl (C=O) groups is 2. The molecule has 1 rings (SSSR count). The van der Waals surface area contributed by atoms with Gasteiger partial charge in [-0.1, -0.05) is 77.0 Å². The summed E-state index contributed by atoms with van der Waals surface area (Å²) in [6, 6.07) is 0. The van der Waals surface area contributed by atoms with Gasteiger partial charge in [-0.15, -0.1) is 5.06 Å². The lowest BCUT2D eigenvalue weighted by atomic mass is 10.1. The zero-order chi connectivity index (χ0) is 19.7. The summed E-state index contributed by atoms with van der Waals surface area (Å²) in [7, 11) is 0. The Hall–Kier alpha value is -1.58. The van der Waals surface area contributed by atoms with Crippen LogP contribution in [0.1, 0.15) is 110 Å². The van der Waals surface area contributed by atoms with E-state index in [9.17, 15) is 9.59 Å². The molecule has 0 aromatic rings. The molecule has 0 bridgehead atoms. The minimum atomic E-state index is -0.330. The first kappa shape index (κ1) is 23.5. The average molecular weight is 378 g/mol. The maximum absolute atomic E-state index is 11.8. The van der Waals surface area contributed by atoms with Gasteiger partial charge in [0.25, 0.3) is 5.91 Å². The van der Waals surface area contributed by atoms with Crippen molar-refractivity contribution < 1.29 is 14.4 Å². The number of rotatable bonds is 16. The van der Waals surface area contributed by atoms with Crippen LogP contribution in [0.25, 0.3) is 0 Å². The summed E-state index contributed by atoms with van der Waals surface area (Å²) >= 11 is 0. The van der Waals surface area contributed by atoms with Crippen LogP contribution in [0, 0.1) is 0 Å². The van der Waals surface area contributed by atoms with Crippen molar-refractivity contribution in [2.75, 3.05) is 0 Å². The second kappa shape index (κ2) is 15.5. The molecule has 1 aliphatic heterocycles. The molecular formula is C23H39NO3. The second-order valence-corrected chi connectivity index (χ2v) is 7.55. The fourth-order valence-electron chi connectivity index (χ4n) is 3.23. The summed E-state index contributed by atoms with van der Waals surface area (Å²) in [6.45, 7) is 5.99. The van der Waals surface area contributed by atoms with Gasteiger partial charge in [-0.05, 0) is 38.5 Å². The average Bonchev–Trinajstić information content (AvgIpc) is 2.97. The summed E-state index contributed by atoms with van der Waals surface area (Å²) in [4.78, 5) is 28.4. The van der Waals surface area contributed by atoms with E-state index in [0.29, 0.717) is 25.0 Å². The number of hydrogen-bond acceptors (Lipinski definition) is 3. The molecular weight excluding hydrogens is 338 g/mol. The van der Waals surface area contributed by atoms with Gasteiger partial charge in [0.1, 0.15) is 0 Å². The lowest BCUT2D eigenvalue weighted by Gasteiger charge is -2.15. The number of unbranched alkanes of at least 4 members (excludes halogenated alkanes) is 11. The van der Waals surface area contributed by atoms with Crippen molar-refractivity contribution in [2.24, 2.45) is 0 Å². The molecule has 1 heterocycles. The Morgan fingerprint density at radius 3 is 2.04 bits per heavy atom. The summed E-state index contributed by atoms with van der Waals surface area (Å²) < 4.78 is 0. The zero-order valence-corrected chi connectivity index (χ0v) is 17.3. The van der Waals surface area contributed by atoms with Crippen molar-refractivity contribution in [3.05, 3.63) is 24.4 Å². The molecule has 0 aromatic carbocycles. The van der Waals surface area contributed by atoms with Crippen molar-refractivity contribution in [3.8, 4) is 0 Å². The van der Waals surface area contributed by atoms with Gasteiger partial charge in [0, 0.05) is 12.8 Å². The third kappa shape index (κ3) is 11.7. The van der Waals surface area contributed by atoms with Crippen LogP contribution in [-0.2, 0) is 14.4 Å². The Morgan fingerprint density at radius 1 is 0.926 bits per heavy atom. The molecule has 4 heteroatoms. The number of hydrogen-bond donors (Lipinski definition) is 0. The van der Waals surface area contributed by atoms with E-state index in [4.69, 9.17) is 4.84 Å². The molecule has 0 radical (unpaired) electrons. The third-order valence-corrected chi connectivity index (χ3v) is 4.98. The molecule has 154 valence electrons. The highest BCUT2D eigenvalue weighted by molar-refractivity contribution is 5.82. The molecule has 1 fully saturated rings. The Kier molecular flexibility index (Phi) is 13.4. The maximum Gasteiger partial charge on any atom is 0.333 e. The van der Waals surface area contributed by atoms with Crippen LogP contribution in [-0.4, -0.2) is 16.9 Å². The standard InChI is InChI=1S/C23H39NO3/c1-3-4-5-6-7-8-9-10-11-12-13-14-15-16-17-18-23(26)27-24-21(2)19-20-22(24)25/h10-11H,2-9,12-20H2,1H3/b11-10-. The van der Waals surface area contributed by atoms with E-state index in [1.165, 1.54) is 57.8 Å². The molecule has 0 aliphatic carbocycles. The molecule has 1 amide bonds.